The zero-order valence-electron chi connectivity index (χ0n) is 20.3. The van der Waals surface area contributed by atoms with Crippen LogP contribution in [0.15, 0.2) is 0 Å². The molecule has 2 N–H and O–H groups in total. The van der Waals surface area contributed by atoms with Crippen LogP contribution in [0.3, 0.4) is 0 Å². The third-order valence-electron chi connectivity index (χ3n) is 5.91. The van der Waals surface area contributed by atoms with Gasteiger partial charge in [-0.25, -0.2) is 0 Å². The second-order valence-electron chi connectivity index (χ2n) is 9.10. The van der Waals surface area contributed by atoms with Gasteiger partial charge in [0.25, 0.3) is 10.1 Å². The van der Waals surface area contributed by atoms with Crippen molar-refractivity contribution in [3.05, 3.63) is 0 Å². The smallest absolute Gasteiger partial charge is 0.264 e. The minimum atomic E-state index is -3.88. The van der Waals surface area contributed by atoms with Crippen molar-refractivity contribution in [3.63, 3.8) is 0 Å². The van der Waals surface area contributed by atoms with Crippen molar-refractivity contribution in [2.75, 3.05) is 12.3 Å². The Hall–Kier alpha value is -0.620. The summed E-state index contributed by atoms with van der Waals surface area (Å²) in [6.45, 7) is 2.75. The molecule has 0 aromatic carbocycles. The van der Waals surface area contributed by atoms with Crippen molar-refractivity contribution in [1.29, 1.82) is 0 Å². The second-order valence-corrected chi connectivity index (χ2v) is 10.7. The SMILES string of the molecule is CCCCCCCCCCCCCCCCCCCCC(=O)NCCCCS(=O)(=O)O. The fourth-order valence-electron chi connectivity index (χ4n) is 3.91. The van der Waals surface area contributed by atoms with Gasteiger partial charge < -0.3 is 5.32 Å². The molecule has 1 amide bonds. The van der Waals surface area contributed by atoms with Crippen LogP contribution in [0, 0.1) is 0 Å². The Balaban J connectivity index is 3.17. The molecule has 0 unspecified atom stereocenters. The van der Waals surface area contributed by atoms with Gasteiger partial charge in [0.1, 0.15) is 0 Å². The molecule has 0 saturated carbocycles. The van der Waals surface area contributed by atoms with E-state index in [0.29, 0.717) is 25.8 Å². The fourth-order valence-corrected chi connectivity index (χ4v) is 4.48. The predicted molar refractivity (Wildman–Crippen MR) is 132 cm³/mol. The molecule has 0 fully saturated rings. The summed E-state index contributed by atoms with van der Waals surface area (Å²) in [6, 6.07) is 0. The first-order valence-electron chi connectivity index (χ1n) is 13.2. The van der Waals surface area contributed by atoms with Crippen LogP contribution in [-0.4, -0.2) is 31.2 Å². The van der Waals surface area contributed by atoms with Gasteiger partial charge in [0.2, 0.25) is 5.91 Å². The van der Waals surface area contributed by atoms with E-state index in [-0.39, 0.29) is 11.7 Å². The van der Waals surface area contributed by atoms with Crippen molar-refractivity contribution in [3.8, 4) is 0 Å². The lowest BCUT2D eigenvalue weighted by Crippen LogP contribution is -2.24. The molecule has 0 heterocycles. The van der Waals surface area contributed by atoms with Crippen LogP contribution in [0.5, 0.6) is 0 Å². The summed E-state index contributed by atoms with van der Waals surface area (Å²) in [7, 11) is -3.88. The van der Waals surface area contributed by atoms with Gasteiger partial charge in [-0.15, -0.1) is 0 Å². The summed E-state index contributed by atoms with van der Waals surface area (Å²) >= 11 is 0. The summed E-state index contributed by atoms with van der Waals surface area (Å²) in [5.41, 5.74) is 0. The van der Waals surface area contributed by atoms with Gasteiger partial charge in [0.15, 0.2) is 0 Å². The molecule has 0 aromatic heterocycles. The average molecular weight is 462 g/mol. The van der Waals surface area contributed by atoms with E-state index in [0.717, 1.165) is 12.8 Å². The molecular weight excluding hydrogens is 410 g/mol. The highest BCUT2D eigenvalue weighted by Crippen LogP contribution is 2.14. The van der Waals surface area contributed by atoms with E-state index in [9.17, 15) is 13.2 Å². The summed E-state index contributed by atoms with van der Waals surface area (Å²) in [4.78, 5) is 11.7. The molecule has 0 rings (SSSR count). The monoisotopic (exact) mass is 461 g/mol. The van der Waals surface area contributed by atoms with Crippen LogP contribution in [0.1, 0.15) is 142 Å². The lowest BCUT2D eigenvalue weighted by atomic mass is 10.0. The van der Waals surface area contributed by atoms with E-state index in [1.165, 1.54) is 103 Å². The van der Waals surface area contributed by atoms with E-state index in [1.807, 2.05) is 0 Å². The number of hydrogen-bond donors (Lipinski definition) is 2. The highest BCUT2D eigenvalue weighted by molar-refractivity contribution is 7.85. The predicted octanol–water partition coefficient (Wildman–Crippen LogP) is 7.20. The largest absolute Gasteiger partial charge is 0.356 e. The van der Waals surface area contributed by atoms with E-state index in [4.69, 9.17) is 4.55 Å². The highest BCUT2D eigenvalue weighted by Gasteiger charge is 2.04. The van der Waals surface area contributed by atoms with Crippen molar-refractivity contribution >= 4 is 16.0 Å². The number of hydrogen-bond acceptors (Lipinski definition) is 3. The molecule has 0 aliphatic heterocycles. The van der Waals surface area contributed by atoms with E-state index >= 15 is 0 Å². The van der Waals surface area contributed by atoms with Crippen LogP contribution in [0.4, 0.5) is 0 Å². The molecule has 0 aliphatic carbocycles. The first kappa shape index (κ1) is 30.4. The summed E-state index contributed by atoms with van der Waals surface area (Å²) < 4.78 is 29.8. The highest BCUT2D eigenvalue weighted by atomic mass is 32.2. The molecule has 0 atom stereocenters. The Morgan fingerprint density at radius 2 is 1.00 bits per heavy atom. The van der Waals surface area contributed by atoms with Crippen LogP contribution in [-0.2, 0) is 14.9 Å². The lowest BCUT2D eigenvalue weighted by molar-refractivity contribution is -0.121. The average Bonchev–Trinajstić information content (AvgIpc) is 2.71. The number of amides is 1. The molecule has 0 radical (unpaired) electrons. The first-order valence-corrected chi connectivity index (χ1v) is 14.8. The van der Waals surface area contributed by atoms with Crippen LogP contribution < -0.4 is 5.32 Å². The Kier molecular flexibility index (Phi) is 22.1. The molecule has 0 saturated heterocycles. The van der Waals surface area contributed by atoms with E-state index in [1.54, 1.807) is 0 Å². The molecular formula is C25H51NO4S. The molecule has 0 aliphatic rings. The Bertz CT molecular complexity index is 494. The van der Waals surface area contributed by atoms with Crippen LogP contribution in [0.2, 0.25) is 0 Å². The van der Waals surface area contributed by atoms with Crippen molar-refractivity contribution in [2.24, 2.45) is 0 Å². The van der Waals surface area contributed by atoms with Gasteiger partial charge in [-0.1, -0.05) is 116 Å². The van der Waals surface area contributed by atoms with E-state index in [2.05, 4.69) is 12.2 Å². The Morgan fingerprint density at radius 3 is 1.39 bits per heavy atom. The zero-order chi connectivity index (χ0) is 23.0. The number of unbranched alkanes of at least 4 members (excludes halogenated alkanes) is 18. The Morgan fingerprint density at radius 1 is 0.613 bits per heavy atom. The number of rotatable bonds is 24. The van der Waals surface area contributed by atoms with Gasteiger partial charge in [-0.2, -0.15) is 8.42 Å². The topological polar surface area (TPSA) is 83.5 Å². The third-order valence-corrected chi connectivity index (χ3v) is 6.71. The van der Waals surface area contributed by atoms with Crippen LogP contribution in [0.25, 0.3) is 0 Å². The normalized spacial score (nSPS) is 11.7. The number of nitrogens with one attached hydrogen (secondary N) is 1. The molecule has 5 nitrogen and oxygen atoms in total. The zero-order valence-corrected chi connectivity index (χ0v) is 21.2. The first-order chi connectivity index (χ1) is 15.0. The molecule has 31 heavy (non-hydrogen) atoms. The maximum absolute atomic E-state index is 11.7. The second kappa shape index (κ2) is 22.6. The number of carbonyl (C=O) groups is 1. The number of carbonyl (C=O) groups excluding carboxylic acids is 1. The molecule has 0 aromatic rings. The summed E-state index contributed by atoms with van der Waals surface area (Å²) in [5, 5.41) is 2.81. The van der Waals surface area contributed by atoms with Crippen LogP contribution >= 0.6 is 0 Å². The van der Waals surface area contributed by atoms with Gasteiger partial charge in [-0.3, -0.25) is 9.35 Å². The minimum Gasteiger partial charge on any atom is -0.356 e. The Labute approximate surface area is 193 Å². The van der Waals surface area contributed by atoms with Gasteiger partial charge in [0, 0.05) is 13.0 Å². The maximum atomic E-state index is 11.7. The van der Waals surface area contributed by atoms with Gasteiger partial charge >= 0.3 is 0 Å². The minimum absolute atomic E-state index is 0.0448. The van der Waals surface area contributed by atoms with Gasteiger partial charge in [0.05, 0.1) is 5.75 Å². The molecule has 186 valence electrons. The van der Waals surface area contributed by atoms with Crippen molar-refractivity contribution in [1.82, 2.24) is 5.32 Å². The van der Waals surface area contributed by atoms with Gasteiger partial charge in [-0.05, 0) is 19.3 Å². The lowest BCUT2D eigenvalue weighted by Gasteiger charge is -2.05. The fraction of sp³-hybridized carbons (Fsp3) is 0.960. The molecule has 0 bridgehead atoms. The summed E-state index contributed by atoms with van der Waals surface area (Å²) in [6.07, 6.45) is 25.6. The van der Waals surface area contributed by atoms with Crippen molar-refractivity contribution < 1.29 is 17.8 Å². The molecule has 0 spiro atoms. The van der Waals surface area contributed by atoms with Crippen molar-refractivity contribution in [2.45, 2.75) is 142 Å². The standard InChI is InChI=1S/C25H51NO4S/c1-2-3-4-5-6-7-8-9-10-11-12-13-14-15-16-17-18-19-22-25(27)26-23-20-21-24-31(28,29)30/h2-24H2,1H3,(H,26,27)(H,28,29,30). The summed E-state index contributed by atoms with van der Waals surface area (Å²) in [5.74, 6) is -0.189. The molecule has 6 heteroatoms. The maximum Gasteiger partial charge on any atom is 0.264 e. The quantitative estimate of drug-likeness (QED) is 0.118. The van der Waals surface area contributed by atoms with E-state index < -0.39 is 10.1 Å². The third kappa shape index (κ3) is 27.3.